The van der Waals surface area contributed by atoms with Crippen LogP contribution in [0, 0.1) is 0 Å². The number of amides is 1. The first-order valence-electron chi connectivity index (χ1n) is 9.25. The first-order chi connectivity index (χ1) is 13.2. The summed E-state index contributed by atoms with van der Waals surface area (Å²) >= 11 is 0. The third kappa shape index (κ3) is 3.63. The van der Waals surface area contributed by atoms with Gasteiger partial charge in [-0.1, -0.05) is 18.2 Å². The number of hydrogen-bond acceptors (Lipinski definition) is 5. The molecule has 3 N–H and O–H groups in total. The summed E-state index contributed by atoms with van der Waals surface area (Å²) in [6.45, 7) is 2.62. The number of nitrogens with two attached hydrogens (primary N) is 1. The Morgan fingerprint density at radius 3 is 2.52 bits per heavy atom. The van der Waals surface area contributed by atoms with Crippen LogP contribution in [-0.2, 0) is 16.7 Å². The Bertz CT molecular complexity index is 813. The molecule has 0 unspecified atom stereocenters. The van der Waals surface area contributed by atoms with Crippen molar-refractivity contribution in [3.63, 3.8) is 0 Å². The fourth-order valence-electron chi connectivity index (χ4n) is 3.70. The van der Waals surface area contributed by atoms with Crippen LogP contribution in [0.3, 0.4) is 0 Å². The van der Waals surface area contributed by atoms with Crippen molar-refractivity contribution in [1.29, 1.82) is 0 Å². The molecule has 0 radical (unpaired) electrons. The first-order valence-corrected chi connectivity index (χ1v) is 9.25. The zero-order chi connectivity index (χ0) is 18.7. The highest BCUT2D eigenvalue weighted by Crippen LogP contribution is 2.40. The third-order valence-corrected chi connectivity index (χ3v) is 5.47. The van der Waals surface area contributed by atoms with Crippen molar-refractivity contribution in [2.45, 2.75) is 24.8 Å². The van der Waals surface area contributed by atoms with Crippen molar-refractivity contribution in [1.82, 2.24) is 5.32 Å². The van der Waals surface area contributed by atoms with Crippen LogP contribution in [0.1, 0.15) is 34.3 Å². The molecule has 6 heteroatoms. The highest BCUT2D eigenvalue weighted by Gasteiger charge is 2.36. The molecular weight excluding hydrogens is 344 g/mol. The molecule has 0 aliphatic carbocycles. The Labute approximate surface area is 158 Å². The Morgan fingerprint density at radius 2 is 1.78 bits per heavy atom. The lowest BCUT2D eigenvalue weighted by atomic mass is 9.74. The van der Waals surface area contributed by atoms with Crippen molar-refractivity contribution >= 4 is 5.91 Å². The van der Waals surface area contributed by atoms with Gasteiger partial charge in [-0.2, -0.15) is 0 Å². The average Bonchev–Trinajstić information content (AvgIpc) is 3.21. The van der Waals surface area contributed by atoms with Crippen molar-refractivity contribution in [2.75, 3.05) is 26.6 Å². The monoisotopic (exact) mass is 368 g/mol. The summed E-state index contributed by atoms with van der Waals surface area (Å²) in [6.07, 6.45) is 1.69. The Balaban J connectivity index is 1.52. The smallest absolute Gasteiger partial charge is 0.251 e. The van der Waals surface area contributed by atoms with E-state index in [0.29, 0.717) is 31.9 Å². The molecule has 2 aromatic carbocycles. The van der Waals surface area contributed by atoms with Gasteiger partial charge in [-0.15, -0.1) is 0 Å². The van der Waals surface area contributed by atoms with Crippen LogP contribution in [0.4, 0.5) is 0 Å². The molecule has 0 aromatic heterocycles. The molecule has 0 bridgehead atoms. The van der Waals surface area contributed by atoms with E-state index in [1.807, 2.05) is 36.4 Å². The second-order valence-electron chi connectivity index (χ2n) is 7.04. The molecule has 27 heavy (non-hydrogen) atoms. The molecular formula is C21H24N2O4. The maximum Gasteiger partial charge on any atom is 0.251 e. The van der Waals surface area contributed by atoms with Gasteiger partial charge in [0, 0.05) is 37.3 Å². The summed E-state index contributed by atoms with van der Waals surface area (Å²) in [5.41, 5.74) is 8.24. The SMILES string of the molecule is NCc1ccc(C(=O)NCC2(c3ccc4c(c3)OCO4)CCOCC2)cc1. The molecule has 6 nitrogen and oxygen atoms in total. The molecule has 2 aromatic rings. The molecule has 0 spiro atoms. The number of carbonyl (C=O) groups excluding carboxylic acids is 1. The van der Waals surface area contributed by atoms with Gasteiger partial charge in [0.25, 0.3) is 5.91 Å². The van der Waals surface area contributed by atoms with Gasteiger partial charge in [0.15, 0.2) is 11.5 Å². The van der Waals surface area contributed by atoms with Gasteiger partial charge in [-0.05, 0) is 48.2 Å². The van der Waals surface area contributed by atoms with E-state index in [9.17, 15) is 4.79 Å². The second-order valence-corrected chi connectivity index (χ2v) is 7.04. The summed E-state index contributed by atoms with van der Waals surface area (Å²) < 4.78 is 16.5. The van der Waals surface area contributed by atoms with Crippen molar-refractivity contribution < 1.29 is 19.0 Å². The van der Waals surface area contributed by atoms with E-state index in [4.69, 9.17) is 19.9 Å². The van der Waals surface area contributed by atoms with Gasteiger partial charge in [-0.25, -0.2) is 0 Å². The van der Waals surface area contributed by atoms with Crippen molar-refractivity contribution in [2.24, 2.45) is 5.73 Å². The largest absolute Gasteiger partial charge is 0.454 e. The highest BCUT2D eigenvalue weighted by molar-refractivity contribution is 5.94. The van der Waals surface area contributed by atoms with Crippen LogP contribution in [0.25, 0.3) is 0 Å². The van der Waals surface area contributed by atoms with E-state index in [-0.39, 0.29) is 18.1 Å². The van der Waals surface area contributed by atoms with Crippen LogP contribution in [0.5, 0.6) is 11.5 Å². The second kappa shape index (κ2) is 7.58. The number of benzene rings is 2. The maximum absolute atomic E-state index is 12.6. The van der Waals surface area contributed by atoms with Gasteiger partial charge in [0.2, 0.25) is 6.79 Å². The first kappa shape index (κ1) is 17.8. The molecule has 4 rings (SSSR count). The molecule has 2 aliphatic heterocycles. The van der Waals surface area contributed by atoms with Gasteiger partial charge in [0.05, 0.1) is 0 Å². The molecule has 0 atom stereocenters. The summed E-state index contributed by atoms with van der Waals surface area (Å²) in [7, 11) is 0. The minimum atomic E-state index is -0.175. The number of ether oxygens (including phenoxy) is 3. The zero-order valence-electron chi connectivity index (χ0n) is 15.2. The average molecular weight is 368 g/mol. The number of nitrogens with one attached hydrogen (secondary N) is 1. The summed E-state index contributed by atoms with van der Waals surface area (Å²) in [6, 6.07) is 13.5. The van der Waals surface area contributed by atoms with Crippen molar-refractivity contribution in [3.05, 3.63) is 59.2 Å². The van der Waals surface area contributed by atoms with Gasteiger partial charge >= 0.3 is 0 Å². The summed E-state index contributed by atoms with van der Waals surface area (Å²) in [4.78, 5) is 12.6. The standard InChI is InChI=1S/C21H24N2O4/c22-12-15-1-3-16(4-2-15)20(24)23-13-21(7-9-25-10-8-21)17-5-6-18-19(11-17)27-14-26-18/h1-6,11H,7-10,12-14,22H2,(H,23,24). The van der Waals surface area contributed by atoms with E-state index in [1.54, 1.807) is 0 Å². The quantitative estimate of drug-likeness (QED) is 0.847. The normalized spacial score (nSPS) is 17.5. The van der Waals surface area contributed by atoms with Gasteiger partial charge in [0.1, 0.15) is 0 Å². The summed E-state index contributed by atoms with van der Waals surface area (Å²) in [5, 5.41) is 3.12. The number of carbonyl (C=O) groups is 1. The molecule has 1 fully saturated rings. The molecule has 1 amide bonds. The minimum Gasteiger partial charge on any atom is -0.454 e. The van der Waals surface area contributed by atoms with Crippen LogP contribution < -0.4 is 20.5 Å². The lowest BCUT2D eigenvalue weighted by Gasteiger charge is -2.38. The number of fused-ring (bicyclic) bond motifs is 1. The van der Waals surface area contributed by atoms with Crippen LogP contribution >= 0.6 is 0 Å². The molecule has 142 valence electrons. The van der Waals surface area contributed by atoms with Crippen LogP contribution in [0.15, 0.2) is 42.5 Å². The van der Waals surface area contributed by atoms with E-state index >= 15 is 0 Å². The Morgan fingerprint density at radius 1 is 1.04 bits per heavy atom. The number of hydrogen-bond donors (Lipinski definition) is 2. The predicted octanol–water partition coefficient (Wildman–Crippen LogP) is 2.35. The summed E-state index contributed by atoms with van der Waals surface area (Å²) in [5.74, 6) is 1.46. The minimum absolute atomic E-state index is 0.0785. The Kier molecular flexibility index (Phi) is 5.01. The van der Waals surface area contributed by atoms with E-state index in [1.165, 1.54) is 0 Å². The van der Waals surface area contributed by atoms with E-state index in [2.05, 4.69) is 11.4 Å². The van der Waals surface area contributed by atoms with Gasteiger partial charge in [-0.3, -0.25) is 4.79 Å². The van der Waals surface area contributed by atoms with Crippen molar-refractivity contribution in [3.8, 4) is 11.5 Å². The fourth-order valence-corrected chi connectivity index (χ4v) is 3.70. The molecule has 2 heterocycles. The zero-order valence-corrected chi connectivity index (χ0v) is 15.2. The fraction of sp³-hybridized carbons (Fsp3) is 0.381. The van der Waals surface area contributed by atoms with Crippen LogP contribution in [-0.4, -0.2) is 32.5 Å². The Hall–Kier alpha value is -2.57. The third-order valence-electron chi connectivity index (χ3n) is 5.47. The number of rotatable bonds is 5. The molecule has 0 saturated carbocycles. The maximum atomic E-state index is 12.6. The predicted molar refractivity (Wildman–Crippen MR) is 101 cm³/mol. The molecule has 1 saturated heterocycles. The topological polar surface area (TPSA) is 82.8 Å². The molecule has 2 aliphatic rings. The van der Waals surface area contributed by atoms with Crippen LogP contribution in [0.2, 0.25) is 0 Å². The lowest BCUT2D eigenvalue weighted by molar-refractivity contribution is 0.0486. The lowest BCUT2D eigenvalue weighted by Crippen LogP contribution is -2.44. The highest BCUT2D eigenvalue weighted by atomic mass is 16.7. The van der Waals surface area contributed by atoms with E-state index < -0.39 is 0 Å². The van der Waals surface area contributed by atoms with E-state index in [0.717, 1.165) is 35.5 Å². The van der Waals surface area contributed by atoms with Gasteiger partial charge < -0.3 is 25.3 Å².